The summed E-state index contributed by atoms with van der Waals surface area (Å²) in [5.74, 6) is -0.208. The van der Waals surface area contributed by atoms with Gasteiger partial charge in [-0.25, -0.2) is 9.78 Å². The van der Waals surface area contributed by atoms with Crippen LogP contribution in [0.1, 0.15) is 16.2 Å². The first-order chi connectivity index (χ1) is 16.5. The summed E-state index contributed by atoms with van der Waals surface area (Å²) in [6.07, 6.45) is 4.53. The van der Waals surface area contributed by atoms with Crippen LogP contribution < -0.4 is 14.2 Å². The first-order valence-corrected chi connectivity index (χ1v) is 9.69. The molecule has 1 aromatic carbocycles. The van der Waals surface area contributed by atoms with E-state index in [1.165, 1.54) is 43.8 Å². The van der Waals surface area contributed by atoms with Gasteiger partial charge in [-0.2, -0.15) is 13.8 Å². The van der Waals surface area contributed by atoms with E-state index in [-0.39, 0.29) is 41.3 Å². The van der Waals surface area contributed by atoms with Gasteiger partial charge in [-0.05, 0) is 42.5 Å². The number of methoxy groups -OCH3 is 1. The lowest BCUT2D eigenvalue weighted by atomic mass is 10.2. The molecule has 4 aromatic rings. The minimum absolute atomic E-state index is 0.00819. The molecule has 0 saturated heterocycles. The van der Waals surface area contributed by atoms with Crippen LogP contribution in [0.2, 0.25) is 0 Å². The van der Waals surface area contributed by atoms with Gasteiger partial charge >= 0.3 is 12.6 Å². The number of benzene rings is 1. The quantitative estimate of drug-likeness (QED) is 0.328. The third kappa shape index (κ3) is 5.41. The standard InChI is InChI=1S/C22H16F2N4O6/c1-30-17-10-13(6-7-16(17)33-22(23)24)19-27-18(34-28-19)12-31-21(29)15-5-3-9-26-20(15)32-14-4-2-8-25-11-14/h2-11,22H,12H2,1H3. The van der Waals surface area contributed by atoms with Crippen molar-refractivity contribution in [1.29, 1.82) is 0 Å². The Morgan fingerprint density at radius 1 is 1.12 bits per heavy atom. The van der Waals surface area contributed by atoms with E-state index in [9.17, 15) is 13.6 Å². The van der Waals surface area contributed by atoms with Crippen LogP contribution >= 0.6 is 0 Å². The number of rotatable bonds is 9. The maximum Gasteiger partial charge on any atom is 0.387 e. The van der Waals surface area contributed by atoms with E-state index in [4.69, 9.17) is 18.7 Å². The monoisotopic (exact) mass is 470 g/mol. The van der Waals surface area contributed by atoms with Crippen molar-refractivity contribution in [2.24, 2.45) is 0 Å². The number of pyridine rings is 2. The van der Waals surface area contributed by atoms with Crippen molar-refractivity contribution in [2.45, 2.75) is 13.2 Å². The highest BCUT2D eigenvalue weighted by molar-refractivity contribution is 5.91. The van der Waals surface area contributed by atoms with Crippen LogP contribution in [-0.4, -0.2) is 39.8 Å². The number of esters is 1. The van der Waals surface area contributed by atoms with Gasteiger partial charge in [0.25, 0.3) is 5.89 Å². The van der Waals surface area contributed by atoms with Gasteiger partial charge in [0.15, 0.2) is 18.1 Å². The lowest BCUT2D eigenvalue weighted by Crippen LogP contribution is -2.08. The Bertz CT molecular complexity index is 1270. The van der Waals surface area contributed by atoms with Crippen LogP contribution in [0.5, 0.6) is 23.1 Å². The molecule has 0 aliphatic rings. The zero-order chi connectivity index (χ0) is 23.9. The van der Waals surface area contributed by atoms with Crippen LogP contribution in [0.3, 0.4) is 0 Å². The Labute approximate surface area is 191 Å². The van der Waals surface area contributed by atoms with Crippen LogP contribution in [-0.2, 0) is 11.3 Å². The molecule has 0 atom stereocenters. The molecular weight excluding hydrogens is 454 g/mol. The summed E-state index contributed by atoms with van der Waals surface area (Å²) in [5.41, 5.74) is 0.504. The summed E-state index contributed by atoms with van der Waals surface area (Å²) in [4.78, 5) is 24.7. The maximum atomic E-state index is 12.6. The van der Waals surface area contributed by atoms with Crippen molar-refractivity contribution in [1.82, 2.24) is 20.1 Å². The van der Waals surface area contributed by atoms with Crippen LogP contribution in [0, 0.1) is 0 Å². The maximum absolute atomic E-state index is 12.6. The third-order valence-electron chi connectivity index (χ3n) is 4.27. The summed E-state index contributed by atoms with van der Waals surface area (Å²) >= 11 is 0. The van der Waals surface area contributed by atoms with Crippen molar-refractivity contribution in [3.05, 3.63) is 72.5 Å². The Balaban J connectivity index is 1.43. The number of nitrogens with zero attached hydrogens (tertiary/aromatic N) is 4. The Hall–Kier alpha value is -4.61. The fraction of sp³-hybridized carbons (Fsp3) is 0.136. The molecule has 0 fully saturated rings. The first kappa shape index (κ1) is 22.6. The van der Waals surface area contributed by atoms with Gasteiger partial charge in [-0.1, -0.05) is 5.16 Å². The molecule has 0 N–H and O–H groups in total. The predicted molar refractivity (Wildman–Crippen MR) is 111 cm³/mol. The van der Waals surface area contributed by atoms with E-state index in [0.717, 1.165) is 0 Å². The Kier molecular flexibility index (Phi) is 6.87. The summed E-state index contributed by atoms with van der Waals surface area (Å²) in [5, 5.41) is 3.81. The van der Waals surface area contributed by atoms with Gasteiger partial charge in [-0.3, -0.25) is 4.98 Å². The fourth-order valence-corrected chi connectivity index (χ4v) is 2.78. The highest BCUT2D eigenvalue weighted by atomic mass is 19.3. The topological polar surface area (TPSA) is 119 Å². The number of carbonyl (C=O) groups excluding carboxylic acids is 1. The summed E-state index contributed by atoms with van der Waals surface area (Å²) in [6.45, 7) is -3.32. The highest BCUT2D eigenvalue weighted by Crippen LogP contribution is 2.32. The Morgan fingerprint density at radius 2 is 1.97 bits per heavy atom. The molecular formula is C22H16F2N4O6. The second-order valence-electron chi connectivity index (χ2n) is 6.48. The lowest BCUT2D eigenvalue weighted by Gasteiger charge is -2.10. The third-order valence-corrected chi connectivity index (χ3v) is 4.27. The first-order valence-electron chi connectivity index (χ1n) is 9.69. The molecule has 0 aliphatic carbocycles. The Morgan fingerprint density at radius 3 is 2.74 bits per heavy atom. The van der Waals surface area contributed by atoms with Crippen molar-refractivity contribution < 1.29 is 37.0 Å². The summed E-state index contributed by atoms with van der Waals surface area (Å²) in [6, 6.07) is 10.6. The van der Waals surface area contributed by atoms with E-state index in [1.807, 2.05) is 0 Å². The van der Waals surface area contributed by atoms with Crippen molar-refractivity contribution in [3.8, 4) is 34.5 Å². The smallest absolute Gasteiger partial charge is 0.387 e. The molecule has 0 saturated carbocycles. The average molecular weight is 470 g/mol. The number of ether oxygens (including phenoxy) is 4. The van der Waals surface area contributed by atoms with Gasteiger partial charge in [0, 0.05) is 18.0 Å². The molecule has 0 radical (unpaired) electrons. The molecule has 174 valence electrons. The van der Waals surface area contributed by atoms with Crippen molar-refractivity contribution in [3.63, 3.8) is 0 Å². The predicted octanol–water partition coefficient (Wildman–Crippen LogP) is 4.29. The van der Waals surface area contributed by atoms with Crippen molar-refractivity contribution in [2.75, 3.05) is 7.11 Å². The molecule has 0 bridgehead atoms. The lowest BCUT2D eigenvalue weighted by molar-refractivity contribution is -0.0512. The van der Waals surface area contributed by atoms with Crippen LogP contribution in [0.25, 0.3) is 11.4 Å². The fourth-order valence-electron chi connectivity index (χ4n) is 2.78. The van der Waals surface area contributed by atoms with Crippen LogP contribution in [0.15, 0.2) is 65.6 Å². The molecule has 10 nitrogen and oxygen atoms in total. The molecule has 3 aromatic heterocycles. The number of aromatic nitrogens is 4. The zero-order valence-electron chi connectivity index (χ0n) is 17.6. The summed E-state index contributed by atoms with van der Waals surface area (Å²) < 4.78 is 50.4. The van der Waals surface area contributed by atoms with Gasteiger partial charge < -0.3 is 23.5 Å². The number of halogens is 2. The van der Waals surface area contributed by atoms with Gasteiger partial charge in [0.1, 0.15) is 11.3 Å². The van der Waals surface area contributed by atoms with E-state index in [2.05, 4.69) is 24.8 Å². The minimum Gasteiger partial charge on any atom is -0.493 e. The van der Waals surface area contributed by atoms with Gasteiger partial charge in [0.05, 0.1) is 13.3 Å². The normalized spacial score (nSPS) is 10.7. The SMILES string of the molecule is COc1cc(-c2noc(COC(=O)c3cccnc3Oc3cccnc3)n2)ccc1OC(F)F. The molecule has 0 amide bonds. The van der Waals surface area contributed by atoms with Gasteiger partial charge in [0.2, 0.25) is 11.7 Å². The van der Waals surface area contributed by atoms with Crippen LogP contribution in [0.4, 0.5) is 8.78 Å². The van der Waals surface area contributed by atoms with Gasteiger partial charge in [-0.15, -0.1) is 0 Å². The molecule has 4 rings (SSSR count). The van der Waals surface area contributed by atoms with E-state index >= 15 is 0 Å². The average Bonchev–Trinajstić information content (AvgIpc) is 3.32. The highest BCUT2D eigenvalue weighted by Gasteiger charge is 2.19. The largest absolute Gasteiger partial charge is 0.493 e. The molecule has 12 heteroatoms. The van der Waals surface area contributed by atoms with E-state index in [1.54, 1.807) is 24.4 Å². The number of hydrogen-bond donors (Lipinski definition) is 0. The van der Waals surface area contributed by atoms with E-state index < -0.39 is 12.6 Å². The second kappa shape index (κ2) is 10.3. The second-order valence-corrected chi connectivity index (χ2v) is 6.48. The summed E-state index contributed by atoms with van der Waals surface area (Å²) in [7, 11) is 1.31. The van der Waals surface area contributed by atoms with E-state index in [0.29, 0.717) is 11.3 Å². The number of carbonyl (C=O) groups is 1. The minimum atomic E-state index is -3.00. The molecule has 0 aliphatic heterocycles. The van der Waals surface area contributed by atoms with Crippen molar-refractivity contribution >= 4 is 5.97 Å². The molecule has 34 heavy (non-hydrogen) atoms. The molecule has 0 spiro atoms. The number of hydrogen-bond acceptors (Lipinski definition) is 10. The number of alkyl halides is 2. The molecule has 0 unspecified atom stereocenters. The molecule has 3 heterocycles. The zero-order valence-corrected chi connectivity index (χ0v) is 17.6.